The van der Waals surface area contributed by atoms with Gasteiger partial charge in [-0.25, -0.2) is 0 Å². The number of nitrogens with two attached hydrogens (primary N) is 1. The fraction of sp³-hybridized carbons (Fsp3) is 0.857. The van der Waals surface area contributed by atoms with Gasteiger partial charge < -0.3 is 30.5 Å². The third kappa shape index (κ3) is 2.40. The topological polar surface area (TPSA) is 122 Å². The van der Waals surface area contributed by atoms with Crippen molar-refractivity contribution in [3.05, 3.63) is 0 Å². The van der Waals surface area contributed by atoms with Gasteiger partial charge in [0.05, 0.1) is 13.2 Å². The Hall–Kier alpha value is -0.730. The summed E-state index contributed by atoms with van der Waals surface area (Å²) in [6.45, 7) is -0.578. The van der Waals surface area contributed by atoms with E-state index in [-0.39, 0.29) is 13.2 Å². The lowest BCUT2D eigenvalue weighted by Crippen LogP contribution is -2.55. The number of aliphatic hydroxyl groups is 3. The maximum atomic E-state index is 10.8. The molecule has 7 heteroatoms. The Bertz CT molecular complexity index is 210. The van der Waals surface area contributed by atoms with Crippen molar-refractivity contribution in [3.63, 3.8) is 0 Å². The second-order valence-electron chi connectivity index (χ2n) is 2.94. The van der Waals surface area contributed by atoms with Gasteiger partial charge in [0.2, 0.25) is 0 Å². The minimum Gasteiger partial charge on any atom is -0.453 e. The quantitative estimate of drug-likeness (QED) is 0.354. The molecule has 1 aliphatic heterocycles. The van der Waals surface area contributed by atoms with E-state index in [0.717, 1.165) is 0 Å². The summed E-state index contributed by atoms with van der Waals surface area (Å²) in [6, 6.07) is 0. The minimum absolute atomic E-state index is 0.209. The summed E-state index contributed by atoms with van der Waals surface area (Å²) in [7, 11) is 0. The van der Waals surface area contributed by atoms with Crippen LogP contribution in [0.15, 0.2) is 0 Å². The molecule has 0 aliphatic carbocycles. The molecule has 82 valence electrons. The number of rotatable bonds is 2. The van der Waals surface area contributed by atoms with Gasteiger partial charge in [-0.3, -0.25) is 4.79 Å². The predicted octanol–water partition coefficient (Wildman–Crippen LogP) is -3.07. The summed E-state index contributed by atoms with van der Waals surface area (Å²) in [4.78, 5) is 10.8. The van der Waals surface area contributed by atoms with Crippen molar-refractivity contribution in [2.75, 3.05) is 13.2 Å². The summed E-state index contributed by atoms with van der Waals surface area (Å²) in [5.74, 6) is -0.786. The van der Waals surface area contributed by atoms with Gasteiger partial charge in [-0.05, 0) is 0 Å². The predicted molar refractivity (Wildman–Crippen MR) is 42.9 cm³/mol. The summed E-state index contributed by atoms with van der Waals surface area (Å²) >= 11 is 0. The van der Waals surface area contributed by atoms with Gasteiger partial charge in [0.1, 0.15) is 12.2 Å². The van der Waals surface area contributed by atoms with E-state index in [9.17, 15) is 15.0 Å². The maximum absolute atomic E-state index is 10.8. The van der Waals surface area contributed by atoms with E-state index < -0.39 is 30.6 Å². The molecule has 0 aromatic rings. The zero-order valence-electron chi connectivity index (χ0n) is 7.37. The highest BCUT2D eigenvalue weighted by Crippen LogP contribution is 2.16. The van der Waals surface area contributed by atoms with E-state index in [1.54, 1.807) is 0 Å². The lowest BCUT2D eigenvalue weighted by atomic mass is 10.1. The first-order chi connectivity index (χ1) is 6.56. The van der Waals surface area contributed by atoms with Crippen molar-refractivity contribution in [1.29, 1.82) is 0 Å². The Morgan fingerprint density at radius 1 is 1.50 bits per heavy atom. The number of ether oxygens (including phenoxy) is 2. The van der Waals surface area contributed by atoms with Crippen LogP contribution in [0.1, 0.15) is 0 Å². The van der Waals surface area contributed by atoms with Gasteiger partial charge in [0.15, 0.2) is 12.4 Å². The van der Waals surface area contributed by atoms with E-state index >= 15 is 0 Å². The van der Waals surface area contributed by atoms with Crippen LogP contribution >= 0.6 is 0 Å². The third-order valence-corrected chi connectivity index (χ3v) is 1.88. The van der Waals surface area contributed by atoms with Crippen molar-refractivity contribution in [1.82, 2.24) is 0 Å². The molecular weight excluding hydrogens is 194 g/mol. The standard InChI is InChI=1S/C7H13NO6/c8-1-4(10)14-6-5(11)3(9)2-13-7(6)12/h3,5-7,9,11-12H,1-2,8H2. The normalized spacial score (nSPS) is 38.0. The number of hydrogen-bond donors (Lipinski definition) is 4. The van der Waals surface area contributed by atoms with Crippen LogP contribution in [0.3, 0.4) is 0 Å². The largest absolute Gasteiger partial charge is 0.453 e. The third-order valence-electron chi connectivity index (χ3n) is 1.88. The summed E-state index contributed by atoms with van der Waals surface area (Å²) < 4.78 is 9.23. The monoisotopic (exact) mass is 207 g/mol. The fourth-order valence-corrected chi connectivity index (χ4v) is 1.11. The van der Waals surface area contributed by atoms with E-state index in [0.29, 0.717) is 0 Å². The average molecular weight is 207 g/mol. The van der Waals surface area contributed by atoms with Crippen LogP contribution in [-0.2, 0) is 14.3 Å². The van der Waals surface area contributed by atoms with Gasteiger partial charge >= 0.3 is 5.97 Å². The average Bonchev–Trinajstić information content (AvgIpc) is 2.18. The highest BCUT2D eigenvalue weighted by Gasteiger charge is 2.40. The number of carbonyl (C=O) groups is 1. The summed E-state index contributed by atoms with van der Waals surface area (Å²) in [5.41, 5.74) is 4.97. The Labute approximate surface area is 80.0 Å². The highest BCUT2D eigenvalue weighted by atomic mass is 16.7. The van der Waals surface area contributed by atoms with Crippen LogP contribution in [0, 0.1) is 0 Å². The second kappa shape index (κ2) is 4.67. The second-order valence-corrected chi connectivity index (χ2v) is 2.94. The maximum Gasteiger partial charge on any atom is 0.320 e. The van der Waals surface area contributed by atoms with Crippen LogP contribution in [0.2, 0.25) is 0 Å². The Balaban J connectivity index is 2.58. The smallest absolute Gasteiger partial charge is 0.320 e. The molecule has 14 heavy (non-hydrogen) atoms. The Kier molecular flexibility index (Phi) is 3.78. The number of hydrogen-bond acceptors (Lipinski definition) is 7. The first kappa shape index (κ1) is 11.3. The molecule has 0 spiro atoms. The van der Waals surface area contributed by atoms with Crippen molar-refractivity contribution in [3.8, 4) is 0 Å². The van der Waals surface area contributed by atoms with Crippen molar-refractivity contribution in [2.45, 2.75) is 24.6 Å². The summed E-state index contributed by atoms with van der Waals surface area (Å²) in [5, 5.41) is 27.7. The molecule has 4 atom stereocenters. The lowest BCUT2D eigenvalue weighted by molar-refractivity contribution is -0.259. The Morgan fingerprint density at radius 2 is 2.14 bits per heavy atom. The number of carbonyl (C=O) groups excluding carboxylic acids is 1. The zero-order chi connectivity index (χ0) is 10.7. The molecule has 0 saturated carbocycles. The van der Waals surface area contributed by atoms with Gasteiger partial charge in [-0.15, -0.1) is 0 Å². The van der Waals surface area contributed by atoms with E-state index in [1.807, 2.05) is 0 Å². The zero-order valence-corrected chi connectivity index (χ0v) is 7.37. The molecule has 1 aliphatic rings. The molecule has 4 unspecified atom stereocenters. The fourth-order valence-electron chi connectivity index (χ4n) is 1.11. The van der Waals surface area contributed by atoms with Crippen LogP contribution in [0.4, 0.5) is 0 Å². The van der Waals surface area contributed by atoms with Crippen LogP contribution in [-0.4, -0.2) is 59.0 Å². The van der Waals surface area contributed by atoms with E-state index in [2.05, 4.69) is 9.47 Å². The molecule has 1 rings (SSSR count). The van der Waals surface area contributed by atoms with Crippen LogP contribution in [0.25, 0.3) is 0 Å². The first-order valence-electron chi connectivity index (χ1n) is 4.11. The molecule has 7 nitrogen and oxygen atoms in total. The van der Waals surface area contributed by atoms with E-state index in [1.165, 1.54) is 0 Å². The molecule has 1 saturated heterocycles. The van der Waals surface area contributed by atoms with Crippen molar-refractivity contribution in [2.24, 2.45) is 5.73 Å². The van der Waals surface area contributed by atoms with Crippen LogP contribution < -0.4 is 5.73 Å². The van der Waals surface area contributed by atoms with Crippen molar-refractivity contribution < 1.29 is 29.6 Å². The molecule has 1 fully saturated rings. The van der Waals surface area contributed by atoms with Gasteiger partial charge in [-0.2, -0.15) is 0 Å². The van der Waals surface area contributed by atoms with E-state index in [4.69, 9.17) is 10.8 Å². The minimum atomic E-state index is -1.44. The van der Waals surface area contributed by atoms with Gasteiger partial charge in [0.25, 0.3) is 0 Å². The lowest BCUT2D eigenvalue weighted by Gasteiger charge is -2.34. The summed E-state index contributed by atoms with van der Waals surface area (Å²) in [6.07, 6.45) is -5.29. The highest BCUT2D eigenvalue weighted by molar-refractivity contribution is 5.71. The number of esters is 1. The molecule has 0 amide bonds. The molecule has 5 N–H and O–H groups in total. The molecule has 1 heterocycles. The van der Waals surface area contributed by atoms with Crippen LogP contribution in [0.5, 0.6) is 0 Å². The first-order valence-corrected chi connectivity index (χ1v) is 4.11. The SMILES string of the molecule is NCC(=O)OC1C(O)OCC(O)C1O. The molecular formula is C7H13NO6. The van der Waals surface area contributed by atoms with Gasteiger partial charge in [-0.1, -0.05) is 0 Å². The molecule has 0 radical (unpaired) electrons. The number of aliphatic hydroxyl groups excluding tert-OH is 3. The molecule has 0 bridgehead atoms. The molecule has 0 aromatic carbocycles. The Morgan fingerprint density at radius 3 is 2.71 bits per heavy atom. The molecule has 0 aromatic heterocycles. The van der Waals surface area contributed by atoms with Crippen molar-refractivity contribution >= 4 is 5.97 Å². The van der Waals surface area contributed by atoms with Gasteiger partial charge in [0, 0.05) is 0 Å².